The van der Waals surface area contributed by atoms with Gasteiger partial charge in [-0.25, -0.2) is 4.99 Å². The first kappa shape index (κ1) is 21.3. The molecule has 0 fully saturated rings. The second-order valence-electron chi connectivity index (χ2n) is 5.54. The fraction of sp³-hybridized carbons (Fsp3) is 0.105. The van der Waals surface area contributed by atoms with Crippen LogP contribution in [0.25, 0.3) is 0 Å². The van der Waals surface area contributed by atoms with Gasteiger partial charge in [-0.15, -0.1) is 0 Å². The maximum absolute atomic E-state index is 12.9. The van der Waals surface area contributed by atoms with E-state index in [-0.39, 0.29) is 27.9 Å². The third-order valence-corrected chi connectivity index (χ3v) is 4.38. The minimum absolute atomic E-state index is 0.113. The summed E-state index contributed by atoms with van der Waals surface area (Å²) >= 11 is 12.1. The molecule has 142 valence electrons. The van der Waals surface area contributed by atoms with Gasteiger partial charge < -0.3 is 5.73 Å². The van der Waals surface area contributed by atoms with Crippen LogP contribution in [-0.2, 0) is 12.6 Å². The topological polar surface area (TPSA) is 86.0 Å². The molecule has 28 heavy (non-hydrogen) atoms. The van der Waals surface area contributed by atoms with Crippen molar-refractivity contribution < 1.29 is 13.2 Å². The maximum atomic E-state index is 12.9. The molecular formula is C19H11Cl2F3N4. The molecule has 0 atom stereocenters. The molecule has 2 N–H and O–H groups in total. The Morgan fingerprint density at radius 3 is 2.25 bits per heavy atom. The van der Waals surface area contributed by atoms with E-state index in [0.717, 1.165) is 12.1 Å². The monoisotopic (exact) mass is 422 g/mol. The number of benzene rings is 2. The molecule has 2 rings (SSSR count). The SMILES string of the molecule is N#C/C(N)=C(/C#N)N=Cc1ccccc1Cc1c(Cl)cc(C(F)(F)F)cc1Cl. The van der Waals surface area contributed by atoms with Crippen molar-refractivity contribution in [2.45, 2.75) is 12.6 Å². The van der Waals surface area contributed by atoms with Crippen molar-refractivity contribution in [3.8, 4) is 12.1 Å². The molecule has 4 nitrogen and oxygen atoms in total. The van der Waals surface area contributed by atoms with Crippen molar-refractivity contribution in [3.05, 3.63) is 80.1 Å². The van der Waals surface area contributed by atoms with Crippen molar-refractivity contribution in [1.82, 2.24) is 0 Å². The van der Waals surface area contributed by atoms with Crippen molar-refractivity contribution in [1.29, 1.82) is 10.5 Å². The predicted octanol–water partition coefficient (Wildman–Crippen LogP) is 5.24. The van der Waals surface area contributed by atoms with Gasteiger partial charge in [-0.3, -0.25) is 0 Å². The molecule has 0 saturated carbocycles. The molecule has 2 aromatic carbocycles. The minimum atomic E-state index is -4.56. The van der Waals surface area contributed by atoms with Crippen molar-refractivity contribution >= 4 is 29.4 Å². The van der Waals surface area contributed by atoms with Crippen LogP contribution in [0.3, 0.4) is 0 Å². The molecule has 0 unspecified atom stereocenters. The minimum Gasteiger partial charge on any atom is -0.388 e. The number of nitrogens with two attached hydrogens (primary N) is 1. The number of aliphatic imine (C=N–C) groups is 1. The summed E-state index contributed by atoms with van der Waals surface area (Å²) in [6.45, 7) is 0. The molecule has 0 amide bonds. The van der Waals surface area contributed by atoms with Gasteiger partial charge in [0.15, 0.2) is 5.70 Å². The van der Waals surface area contributed by atoms with E-state index in [4.69, 9.17) is 39.5 Å². The van der Waals surface area contributed by atoms with E-state index in [2.05, 4.69) is 4.99 Å². The van der Waals surface area contributed by atoms with Gasteiger partial charge in [0.25, 0.3) is 0 Å². The van der Waals surface area contributed by atoms with Crippen LogP contribution < -0.4 is 5.73 Å². The number of nitriles is 2. The van der Waals surface area contributed by atoms with E-state index < -0.39 is 11.7 Å². The van der Waals surface area contributed by atoms with Gasteiger partial charge in [0.2, 0.25) is 0 Å². The highest BCUT2D eigenvalue weighted by atomic mass is 35.5. The molecular weight excluding hydrogens is 412 g/mol. The third-order valence-electron chi connectivity index (χ3n) is 3.70. The quantitative estimate of drug-likeness (QED) is 0.539. The van der Waals surface area contributed by atoms with Gasteiger partial charge >= 0.3 is 6.18 Å². The smallest absolute Gasteiger partial charge is 0.388 e. The van der Waals surface area contributed by atoms with Gasteiger partial charge in [-0.2, -0.15) is 23.7 Å². The second-order valence-corrected chi connectivity index (χ2v) is 6.35. The zero-order valence-corrected chi connectivity index (χ0v) is 15.6. The molecule has 0 radical (unpaired) electrons. The standard InChI is InChI=1S/C19H11Cl2F3N4/c20-15-6-13(19(22,23)24)7-16(21)14(15)5-11-3-1-2-4-12(11)10-28-18(9-26)17(27)8-25/h1-4,6-7,10H,5,27H2/b18-17+,28-10?. The first-order valence-corrected chi connectivity index (χ1v) is 8.40. The van der Waals surface area contributed by atoms with E-state index in [0.29, 0.717) is 16.7 Å². The van der Waals surface area contributed by atoms with Crippen LogP contribution in [0.5, 0.6) is 0 Å². The number of alkyl halides is 3. The zero-order valence-electron chi connectivity index (χ0n) is 14.1. The van der Waals surface area contributed by atoms with Crippen molar-refractivity contribution in [2.24, 2.45) is 10.7 Å². The predicted molar refractivity (Wildman–Crippen MR) is 101 cm³/mol. The van der Waals surface area contributed by atoms with Crippen molar-refractivity contribution in [2.75, 3.05) is 0 Å². The van der Waals surface area contributed by atoms with Gasteiger partial charge in [0.05, 0.1) is 5.56 Å². The highest BCUT2D eigenvalue weighted by molar-refractivity contribution is 6.36. The number of nitrogens with zero attached hydrogens (tertiary/aromatic N) is 3. The molecule has 0 heterocycles. The maximum Gasteiger partial charge on any atom is 0.416 e. The van der Waals surface area contributed by atoms with Crippen LogP contribution in [0.1, 0.15) is 22.3 Å². The van der Waals surface area contributed by atoms with E-state index in [9.17, 15) is 13.2 Å². The number of hydrogen-bond donors (Lipinski definition) is 1. The van der Waals surface area contributed by atoms with Gasteiger partial charge in [0.1, 0.15) is 17.8 Å². The lowest BCUT2D eigenvalue weighted by Crippen LogP contribution is -2.06. The Balaban J connectivity index is 2.43. The van der Waals surface area contributed by atoms with E-state index in [1.54, 1.807) is 36.4 Å². The lowest BCUT2D eigenvalue weighted by atomic mass is 9.99. The average molecular weight is 423 g/mol. The molecule has 0 aromatic heterocycles. The summed E-state index contributed by atoms with van der Waals surface area (Å²) in [5.74, 6) is 0. The number of rotatable bonds is 4. The third kappa shape index (κ3) is 5.04. The lowest BCUT2D eigenvalue weighted by molar-refractivity contribution is -0.137. The fourth-order valence-electron chi connectivity index (χ4n) is 2.29. The Labute approximate surface area is 168 Å². The molecule has 0 bridgehead atoms. The van der Waals surface area contributed by atoms with Crippen LogP contribution in [0, 0.1) is 22.7 Å². The van der Waals surface area contributed by atoms with E-state index in [1.165, 1.54) is 6.21 Å². The van der Waals surface area contributed by atoms with E-state index in [1.807, 2.05) is 0 Å². The highest BCUT2D eigenvalue weighted by Crippen LogP contribution is 2.36. The van der Waals surface area contributed by atoms with Gasteiger partial charge in [-0.05, 0) is 28.8 Å². The van der Waals surface area contributed by atoms with Crippen LogP contribution in [-0.4, -0.2) is 6.21 Å². The second kappa shape index (κ2) is 8.79. The number of hydrogen-bond acceptors (Lipinski definition) is 4. The molecule has 0 saturated heterocycles. The van der Waals surface area contributed by atoms with Crippen molar-refractivity contribution in [3.63, 3.8) is 0 Å². The highest BCUT2D eigenvalue weighted by Gasteiger charge is 2.32. The first-order valence-electron chi connectivity index (χ1n) is 7.64. The largest absolute Gasteiger partial charge is 0.416 e. The fourth-order valence-corrected chi connectivity index (χ4v) is 2.91. The lowest BCUT2D eigenvalue weighted by Gasteiger charge is -2.13. The molecule has 0 aliphatic carbocycles. The number of allylic oxidation sites excluding steroid dienone is 2. The average Bonchev–Trinajstić information content (AvgIpc) is 2.64. The number of halogens is 5. The Kier molecular flexibility index (Phi) is 6.69. The summed E-state index contributed by atoms with van der Waals surface area (Å²) in [6, 6.07) is 11.8. The normalized spacial score (nSPS) is 12.4. The van der Waals surface area contributed by atoms with Crippen LogP contribution >= 0.6 is 23.2 Å². The molecule has 0 aliphatic heterocycles. The molecule has 2 aromatic rings. The Bertz CT molecular complexity index is 1020. The summed E-state index contributed by atoms with van der Waals surface area (Å²) in [5.41, 5.74) is 5.43. The molecule has 9 heteroatoms. The van der Waals surface area contributed by atoms with Crippen LogP contribution in [0.2, 0.25) is 10.0 Å². The van der Waals surface area contributed by atoms with Crippen LogP contribution in [0.15, 0.2) is 52.8 Å². The van der Waals surface area contributed by atoms with E-state index >= 15 is 0 Å². The Morgan fingerprint density at radius 1 is 1.11 bits per heavy atom. The summed E-state index contributed by atoms with van der Waals surface area (Å²) in [6.07, 6.45) is -3.08. The van der Waals surface area contributed by atoms with Gasteiger partial charge in [-0.1, -0.05) is 47.5 Å². The molecule has 0 spiro atoms. The summed E-state index contributed by atoms with van der Waals surface area (Å²) in [5, 5.41) is 17.5. The molecule has 0 aliphatic rings. The first-order chi connectivity index (χ1) is 13.2. The summed E-state index contributed by atoms with van der Waals surface area (Å²) in [7, 11) is 0. The summed E-state index contributed by atoms with van der Waals surface area (Å²) < 4.78 is 38.6. The Hall–Kier alpha value is -3.00. The zero-order chi connectivity index (χ0) is 20.9. The Morgan fingerprint density at radius 2 is 1.71 bits per heavy atom. The van der Waals surface area contributed by atoms with Gasteiger partial charge in [0, 0.05) is 22.7 Å². The summed E-state index contributed by atoms with van der Waals surface area (Å²) in [4.78, 5) is 3.91. The van der Waals surface area contributed by atoms with Crippen LogP contribution in [0.4, 0.5) is 13.2 Å².